The molecule has 0 fully saturated rings. The summed E-state index contributed by atoms with van der Waals surface area (Å²) >= 11 is 1.55. The van der Waals surface area contributed by atoms with Crippen molar-refractivity contribution >= 4 is 17.5 Å². The van der Waals surface area contributed by atoms with Crippen molar-refractivity contribution in [3.05, 3.63) is 42.2 Å². The third-order valence-electron chi connectivity index (χ3n) is 2.33. The van der Waals surface area contributed by atoms with Crippen molar-refractivity contribution < 1.29 is 4.79 Å². The van der Waals surface area contributed by atoms with Crippen molar-refractivity contribution in [1.29, 1.82) is 0 Å². The molecule has 0 aliphatic heterocycles. The van der Waals surface area contributed by atoms with Crippen molar-refractivity contribution in [1.82, 2.24) is 14.8 Å². The number of nitrogens with zero attached hydrogens (tertiary/aromatic N) is 3. The highest BCUT2D eigenvalue weighted by Gasteiger charge is 2.06. The Kier molecular flexibility index (Phi) is 3.93. The number of thioether (sulfide) groups is 1. The summed E-state index contributed by atoms with van der Waals surface area (Å²) in [6.45, 7) is 0. The zero-order valence-electron chi connectivity index (χ0n) is 9.54. The summed E-state index contributed by atoms with van der Waals surface area (Å²) in [7, 11) is 1.84. The van der Waals surface area contributed by atoms with E-state index in [1.165, 1.54) is 6.33 Å². The number of ketones is 1. The molecule has 2 rings (SSSR count). The lowest BCUT2D eigenvalue weighted by molar-refractivity contribution is 0.0989. The Morgan fingerprint density at radius 2 is 2.12 bits per heavy atom. The van der Waals surface area contributed by atoms with Crippen LogP contribution in [0.1, 0.15) is 16.8 Å². The summed E-state index contributed by atoms with van der Waals surface area (Å²) in [4.78, 5) is 15.9. The van der Waals surface area contributed by atoms with Crippen molar-refractivity contribution in [2.24, 2.45) is 7.05 Å². The van der Waals surface area contributed by atoms with Gasteiger partial charge in [-0.2, -0.15) is 5.10 Å². The SMILES string of the molecule is Cn1ncnc1SCCC(=O)c1ccccc1. The molecule has 0 aliphatic carbocycles. The van der Waals surface area contributed by atoms with E-state index in [2.05, 4.69) is 10.1 Å². The first-order chi connectivity index (χ1) is 8.27. The zero-order valence-corrected chi connectivity index (χ0v) is 10.4. The van der Waals surface area contributed by atoms with Crippen LogP contribution < -0.4 is 0 Å². The highest BCUT2D eigenvalue weighted by Crippen LogP contribution is 2.15. The van der Waals surface area contributed by atoms with Gasteiger partial charge in [-0.1, -0.05) is 42.1 Å². The van der Waals surface area contributed by atoms with Gasteiger partial charge >= 0.3 is 0 Å². The number of aryl methyl sites for hydroxylation is 1. The quantitative estimate of drug-likeness (QED) is 0.600. The van der Waals surface area contributed by atoms with Crippen molar-refractivity contribution in [2.75, 3.05) is 5.75 Å². The van der Waals surface area contributed by atoms with E-state index in [0.29, 0.717) is 6.42 Å². The molecule has 1 aromatic carbocycles. The third-order valence-corrected chi connectivity index (χ3v) is 3.36. The van der Waals surface area contributed by atoms with Crippen molar-refractivity contribution in [2.45, 2.75) is 11.6 Å². The number of hydrogen-bond acceptors (Lipinski definition) is 4. The summed E-state index contributed by atoms with van der Waals surface area (Å²) in [5.74, 6) is 0.889. The number of rotatable bonds is 5. The van der Waals surface area contributed by atoms with Gasteiger partial charge in [0.25, 0.3) is 0 Å². The van der Waals surface area contributed by atoms with Gasteiger partial charge in [-0.3, -0.25) is 4.79 Å². The molecule has 0 radical (unpaired) electrons. The fourth-order valence-electron chi connectivity index (χ4n) is 1.42. The van der Waals surface area contributed by atoms with Crippen LogP contribution in [0.15, 0.2) is 41.8 Å². The minimum absolute atomic E-state index is 0.167. The van der Waals surface area contributed by atoms with Gasteiger partial charge in [-0.05, 0) is 0 Å². The first-order valence-electron chi connectivity index (χ1n) is 5.32. The molecule has 0 N–H and O–H groups in total. The van der Waals surface area contributed by atoms with E-state index in [1.54, 1.807) is 16.4 Å². The van der Waals surface area contributed by atoms with E-state index in [9.17, 15) is 4.79 Å². The predicted octanol–water partition coefficient (Wildman–Crippen LogP) is 2.18. The van der Waals surface area contributed by atoms with E-state index in [0.717, 1.165) is 16.5 Å². The van der Waals surface area contributed by atoms with Crippen LogP contribution in [0.4, 0.5) is 0 Å². The Bertz CT molecular complexity index is 495. The van der Waals surface area contributed by atoms with Crippen LogP contribution in [0, 0.1) is 0 Å². The number of aromatic nitrogens is 3. The predicted molar refractivity (Wildman–Crippen MR) is 67.1 cm³/mol. The molecule has 2 aromatic rings. The highest BCUT2D eigenvalue weighted by molar-refractivity contribution is 7.99. The van der Waals surface area contributed by atoms with E-state index in [1.807, 2.05) is 37.4 Å². The Labute approximate surface area is 104 Å². The van der Waals surface area contributed by atoms with E-state index in [-0.39, 0.29) is 5.78 Å². The highest BCUT2D eigenvalue weighted by atomic mass is 32.2. The summed E-state index contributed by atoms with van der Waals surface area (Å²) in [6.07, 6.45) is 2.03. The minimum atomic E-state index is 0.167. The Morgan fingerprint density at radius 1 is 1.35 bits per heavy atom. The number of benzene rings is 1. The number of carbonyl (C=O) groups excluding carboxylic acids is 1. The van der Waals surface area contributed by atoms with Crippen LogP contribution in [0.25, 0.3) is 0 Å². The Balaban J connectivity index is 1.84. The number of hydrogen-bond donors (Lipinski definition) is 0. The summed E-state index contributed by atoms with van der Waals surface area (Å²) in [6, 6.07) is 9.35. The maximum absolute atomic E-state index is 11.8. The average Bonchev–Trinajstić information content (AvgIpc) is 2.76. The monoisotopic (exact) mass is 247 g/mol. The normalized spacial score (nSPS) is 10.4. The van der Waals surface area contributed by atoms with Crippen LogP contribution in [-0.2, 0) is 7.05 Å². The first-order valence-corrected chi connectivity index (χ1v) is 6.31. The molecular formula is C12H13N3OS. The van der Waals surface area contributed by atoms with E-state index < -0.39 is 0 Å². The molecule has 0 atom stereocenters. The van der Waals surface area contributed by atoms with Gasteiger partial charge in [0.15, 0.2) is 10.9 Å². The molecule has 0 unspecified atom stereocenters. The molecule has 1 heterocycles. The van der Waals surface area contributed by atoms with E-state index in [4.69, 9.17) is 0 Å². The largest absolute Gasteiger partial charge is 0.294 e. The van der Waals surface area contributed by atoms with Crippen molar-refractivity contribution in [3.8, 4) is 0 Å². The molecule has 0 amide bonds. The van der Waals surface area contributed by atoms with Gasteiger partial charge < -0.3 is 0 Å². The molecule has 17 heavy (non-hydrogen) atoms. The zero-order chi connectivity index (χ0) is 12.1. The molecule has 0 saturated carbocycles. The molecule has 0 aliphatic rings. The van der Waals surface area contributed by atoms with E-state index >= 15 is 0 Å². The molecule has 88 valence electrons. The van der Waals surface area contributed by atoms with Gasteiger partial charge in [-0.25, -0.2) is 9.67 Å². The lowest BCUT2D eigenvalue weighted by atomic mass is 10.1. The molecular weight excluding hydrogens is 234 g/mol. The van der Waals surface area contributed by atoms with Crippen LogP contribution in [0.3, 0.4) is 0 Å². The fourth-order valence-corrected chi connectivity index (χ4v) is 2.25. The maximum atomic E-state index is 11.8. The smallest absolute Gasteiger partial charge is 0.185 e. The standard InChI is InChI=1S/C12H13N3OS/c1-15-12(13-9-14-15)17-8-7-11(16)10-5-3-2-4-6-10/h2-6,9H,7-8H2,1H3. The summed E-state index contributed by atoms with van der Waals surface area (Å²) in [5, 5.41) is 4.81. The average molecular weight is 247 g/mol. The van der Waals surface area contributed by atoms with Gasteiger partial charge in [0.2, 0.25) is 0 Å². The second-order valence-corrected chi connectivity index (χ2v) is 4.62. The Hall–Kier alpha value is -1.62. The summed E-state index contributed by atoms with van der Waals surface area (Å²) in [5.41, 5.74) is 0.770. The second-order valence-electron chi connectivity index (χ2n) is 3.55. The molecule has 5 heteroatoms. The number of carbonyl (C=O) groups is 1. The van der Waals surface area contributed by atoms with Crippen LogP contribution in [-0.4, -0.2) is 26.3 Å². The van der Waals surface area contributed by atoms with Crippen molar-refractivity contribution in [3.63, 3.8) is 0 Å². The lowest BCUT2D eigenvalue weighted by Gasteiger charge is -2.01. The molecule has 0 bridgehead atoms. The molecule has 4 nitrogen and oxygen atoms in total. The summed E-state index contributed by atoms with van der Waals surface area (Å²) < 4.78 is 1.71. The van der Waals surface area contributed by atoms with Gasteiger partial charge in [-0.15, -0.1) is 0 Å². The molecule has 1 aromatic heterocycles. The van der Waals surface area contributed by atoms with Crippen LogP contribution in [0.5, 0.6) is 0 Å². The van der Waals surface area contributed by atoms with Crippen LogP contribution in [0.2, 0.25) is 0 Å². The molecule has 0 spiro atoms. The number of Topliss-reactive ketones (excluding diaryl/α,β-unsaturated/α-hetero) is 1. The van der Waals surface area contributed by atoms with Gasteiger partial charge in [0.05, 0.1) is 0 Å². The molecule has 0 saturated heterocycles. The topological polar surface area (TPSA) is 47.8 Å². The van der Waals surface area contributed by atoms with Gasteiger partial charge in [0.1, 0.15) is 6.33 Å². The van der Waals surface area contributed by atoms with Crippen LogP contribution >= 0.6 is 11.8 Å². The second kappa shape index (κ2) is 5.63. The Morgan fingerprint density at radius 3 is 2.76 bits per heavy atom. The first kappa shape index (κ1) is 11.9. The van der Waals surface area contributed by atoms with Gasteiger partial charge in [0, 0.05) is 24.8 Å². The lowest BCUT2D eigenvalue weighted by Crippen LogP contribution is -2.01. The fraction of sp³-hybridized carbons (Fsp3) is 0.250. The minimum Gasteiger partial charge on any atom is -0.294 e. The maximum Gasteiger partial charge on any atom is 0.185 e. The third kappa shape index (κ3) is 3.17.